The Kier molecular flexibility index (Phi) is 5.90. The molecule has 0 saturated heterocycles. The van der Waals surface area contributed by atoms with Gasteiger partial charge in [-0.15, -0.1) is 11.3 Å². The van der Waals surface area contributed by atoms with Crippen molar-refractivity contribution in [2.75, 3.05) is 19.5 Å². The number of anilines is 1. The van der Waals surface area contributed by atoms with E-state index in [-0.39, 0.29) is 17.4 Å². The molecule has 0 saturated carbocycles. The van der Waals surface area contributed by atoms with Crippen molar-refractivity contribution in [3.05, 3.63) is 68.3 Å². The monoisotopic (exact) mass is 499 g/mol. The molecule has 4 rings (SSSR count). The first-order valence-corrected chi connectivity index (χ1v) is 11.7. The van der Waals surface area contributed by atoms with Crippen LogP contribution in [0.5, 0.6) is 11.5 Å². The summed E-state index contributed by atoms with van der Waals surface area (Å²) in [6.07, 6.45) is 2.00. The van der Waals surface area contributed by atoms with Crippen LogP contribution in [-0.2, 0) is 4.74 Å². The molecule has 0 bridgehead atoms. The zero-order chi connectivity index (χ0) is 22.3. The molecule has 2 aromatic carbocycles. The third kappa shape index (κ3) is 4.12. The maximum atomic E-state index is 9.99. The van der Waals surface area contributed by atoms with Crippen molar-refractivity contribution in [3.8, 4) is 22.6 Å². The van der Waals surface area contributed by atoms with E-state index in [2.05, 4.69) is 66.3 Å². The minimum Gasteiger partial charge on any atom is -0.508 e. The van der Waals surface area contributed by atoms with E-state index in [1.807, 2.05) is 12.1 Å². The lowest BCUT2D eigenvalue weighted by Crippen LogP contribution is -2.32. The third-order valence-electron chi connectivity index (χ3n) is 5.50. The number of methoxy groups -OCH3 is 2. The van der Waals surface area contributed by atoms with Gasteiger partial charge in [0.2, 0.25) is 0 Å². The molecule has 31 heavy (non-hydrogen) atoms. The van der Waals surface area contributed by atoms with Crippen LogP contribution in [0.25, 0.3) is 16.7 Å². The van der Waals surface area contributed by atoms with E-state index in [0.29, 0.717) is 5.75 Å². The first kappa shape index (κ1) is 21.9. The summed E-state index contributed by atoms with van der Waals surface area (Å²) in [5, 5.41) is 13.6. The Morgan fingerprint density at radius 2 is 1.81 bits per heavy atom. The van der Waals surface area contributed by atoms with Gasteiger partial charge in [0.25, 0.3) is 0 Å². The van der Waals surface area contributed by atoms with Gasteiger partial charge in [-0.05, 0) is 78.2 Å². The van der Waals surface area contributed by atoms with Crippen LogP contribution >= 0.6 is 27.3 Å². The van der Waals surface area contributed by atoms with E-state index in [1.165, 1.54) is 5.57 Å². The number of ether oxygens (including phenoxy) is 2. The zero-order valence-electron chi connectivity index (χ0n) is 18.2. The van der Waals surface area contributed by atoms with Crippen LogP contribution in [0.4, 0.5) is 5.69 Å². The Balaban J connectivity index is 2.04. The summed E-state index contributed by atoms with van der Waals surface area (Å²) in [5.74, 6) is 0.791. The van der Waals surface area contributed by atoms with Crippen LogP contribution < -0.4 is 10.1 Å². The molecule has 1 atom stereocenters. The van der Waals surface area contributed by atoms with Crippen molar-refractivity contribution in [2.45, 2.75) is 32.4 Å². The largest absolute Gasteiger partial charge is 0.508 e. The molecule has 4 nitrogen and oxygen atoms in total. The fraction of sp³-hybridized carbons (Fsp3) is 0.280. The van der Waals surface area contributed by atoms with Crippen molar-refractivity contribution >= 4 is 38.5 Å². The number of hydrogen-bond acceptors (Lipinski definition) is 5. The summed E-state index contributed by atoms with van der Waals surface area (Å²) in [4.78, 5) is 1.11. The van der Waals surface area contributed by atoms with Gasteiger partial charge in [-0.3, -0.25) is 0 Å². The van der Waals surface area contributed by atoms with Crippen molar-refractivity contribution in [3.63, 3.8) is 0 Å². The van der Waals surface area contributed by atoms with Gasteiger partial charge in [0.05, 0.1) is 16.4 Å². The topological polar surface area (TPSA) is 50.7 Å². The number of allylic oxidation sites excluding steroid dienone is 1. The smallest absolute Gasteiger partial charge is 0.130 e. The molecule has 0 fully saturated rings. The fourth-order valence-corrected chi connectivity index (χ4v) is 5.91. The van der Waals surface area contributed by atoms with Gasteiger partial charge in [0, 0.05) is 40.4 Å². The summed E-state index contributed by atoms with van der Waals surface area (Å²) < 4.78 is 12.8. The van der Waals surface area contributed by atoms with Gasteiger partial charge in [0.15, 0.2) is 0 Å². The summed E-state index contributed by atoms with van der Waals surface area (Å²) in [5.41, 5.74) is 6.29. The average molecular weight is 500 g/mol. The predicted molar refractivity (Wildman–Crippen MR) is 132 cm³/mol. The number of halogens is 1. The molecule has 0 amide bonds. The minimum atomic E-state index is -0.258. The van der Waals surface area contributed by atoms with Gasteiger partial charge >= 0.3 is 0 Å². The molecule has 6 heteroatoms. The Hall–Kier alpha value is -2.28. The molecule has 0 aliphatic carbocycles. The second-order valence-electron chi connectivity index (χ2n) is 8.27. The normalized spacial score (nSPS) is 15.6. The number of fused-ring (bicyclic) bond motifs is 1. The molecular weight excluding hydrogens is 474 g/mol. The molecular formula is C25H26BrNO3S. The van der Waals surface area contributed by atoms with Gasteiger partial charge in [-0.1, -0.05) is 12.1 Å². The number of aromatic hydroxyl groups is 1. The molecule has 1 aromatic heterocycles. The van der Waals surface area contributed by atoms with Crippen molar-refractivity contribution in [1.29, 1.82) is 0 Å². The number of phenols is 1. The Morgan fingerprint density at radius 1 is 1.06 bits per heavy atom. The van der Waals surface area contributed by atoms with Crippen LogP contribution in [0.15, 0.2) is 52.3 Å². The van der Waals surface area contributed by atoms with Gasteiger partial charge < -0.3 is 19.9 Å². The number of hydrogen-bond donors (Lipinski definition) is 2. The maximum absolute atomic E-state index is 9.99. The van der Waals surface area contributed by atoms with Gasteiger partial charge in [-0.25, -0.2) is 0 Å². The van der Waals surface area contributed by atoms with E-state index >= 15 is 0 Å². The quantitative estimate of drug-likeness (QED) is 0.388. The predicted octanol–water partition coefficient (Wildman–Crippen LogP) is 7.24. The third-order valence-corrected chi connectivity index (χ3v) is 7.17. The van der Waals surface area contributed by atoms with Crippen LogP contribution in [0.1, 0.15) is 42.9 Å². The molecule has 2 heterocycles. The maximum Gasteiger partial charge on any atom is 0.130 e. The van der Waals surface area contributed by atoms with Crippen LogP contribution in [0, 0.1) is 0 Å². The van der Waals surface area contributed by atoms with E-state index in [0.717, 1.165) is 36.6 Å². The summed E-state index contributed by atoms with van der Waals surface area (Å²) in [7, 11) is 3.37. The highest BCUT2D eigenvalue weighted by Gasteiger charge is 2.31. The molecule has 0 radical (unpaired) electrons. The lowest BCUT2D eigenvalue weighted by molar-refractivity contribution is 0.139. The molecule has 0 spiro atoms. The van der Waals surface area contributed by atoms with Crippen LogP contribution in [0.3, 0.4) is 0 Å². The minimum absolute atomic E-state index is 0.138. The molecule has 162 valence electrons. The zero-order valence-corrected chi connectivity index (χ0v) is 20.6. The second-order valence-corrected chi connectivity index (χ2v) is 10.8. The van der Waals surface area contributed by atoms with E-state index in [4.69, 9.17) is 9.47 Å². The molecule has 1 aliphatic rings. The van der Waals surface area contributed by atoms with E-state index in [9.17, 15) is 5.11 Å². The van der Waals surface area contributed by atoms with Crippen LogP contribution in [0.2, 0.25) is 0 Å². The molecule has 1 aliphatic heterocycles. The fourth-order valence-electron chi connectivity index (χ4n) is 4.40. The molecule has 2 N–H and O–H groups in total. The highest BCUT2D eigenvalue weighted by atomic mass is 79.9. The lowest BCUT2D eigenvalue weighted by atomic mass is 9.82. The number of benzene rings is 2. The van der Waals surface area contributed by atoms with Crippen molar-refractivity contribution < 1.29 is 14.6 Å². The Bertz CT molecular complexity index is 1170. The first-order valence-electron chi connectivity index (χ1n) is 10.0. The SMILES string of the molecule is COc1cc(O)ccc1-c1ccc2c(c1C(OC)c1ccc(Br)s1)C(C)=CC(C)(C)N2. The highest BCUT2D eigenvalue weighted by molar-refractivity contribution is 9.11. The van der Waals surface area contributed by atoms with Crippen LogP contribution in [-0.4, -0.2) is 24.9 Å². The highest BCUT2D eigenvalue weighted by Crippen LogP contribution is 2.48. The summed E-state index contributed by atoms with van der Waals surface area (Å²) in [6.45, 7) is 6.49. The van der Waals surface area contributed by atoms with Gasteiger partial charge in [-0.2, -0.15) is 0 Å². The molecule has 1 unspecified atom stereocenters. The first-order chi connectivity index (χ1) is 14.7. The van der Waals surface area contributed by atoms with Gasteiger partial charge in [0.1, 0.15) is 17.6 Å². The van der Waals surface area contributed by atoms with E-state index < -0.39 is 0 Å². The average Bonchev–Trinajstić information content (AvgIpc) is 3.13. The Morgan fingerprint density at radius 3 is 2.45 bits per heavy atom. The second kappa shape index (κ2) is 8.34. The number of thiophene rings is 1. The lowest BCUT2D eigenvalue weighted by Gasteiger charge is -2.35. The number of phenolic OH excluding ortho intramolecular Hbond substituents is 1. The molecule has 3 aromatic rings. The summed E-state index contributed by atoms with van der Waals surface area (Å²) in [6, 6.07) is 13.6. The van der Waals surface area contributed by atoms with Crippen molar-refractivity contribution in [1.82, 2.24) is 0 Å². The van der Waals surface area contributed by atoms with E-state index in [1.54, 1.807) is 37.7 Å². The summed E-state index contributed by atoms with van der Waals surface area (Å²) >= 11 is 5.25. The number of rotatable bonds is 5. The van der Waals surface area contributed by atoms with Crippen molar-refractivity contribution in [2.24, 2.45) is 0 Å². The standard InChI is InChI=1S/C25H26BrNO3S/c1-14-13-25(2,3)27-18-9-8-17(16-7-6-15(28)12-19(16)29-4)23(22(14)18)24(30-5)20-10-11-21(26)31-20/h6-13,24,27-28H,1-5H3. The number of nitrogens with one attached hydrogen (secondary N) is 1. The Labute approximate surface area is 195 Å².